The van der Waals surface area contributed by atoms with Gasteiger partial charge in [-0.25, -0.2) is 4.39 Å². The average molecular weight is 300 g/mol. The number of nitrogens with one attached hydrogen (secondary N) is 1. The van der Waals surface area contributed by atoms with E-state index in [9.17, 15) is 4.39 Å². The number of hydrogen-bond acceptors (Lipinski definition) is 1. The van der Waals surface area contributed by atoms with E-state index >= 15 is 0 Å². The van der Waals surface area contributed by atoms with E-state index in [1.165, 1.54) is 0 Å². The molecule has 0 aromatic heterocycles. The van der Waals surface area contributed by atoms with Crippen molar-refractivity contribution < 1.29 is 4.39 Å². The zero-order chi connectivity index (χ0) is 15.3. The van der Waals surface area contributed by atoms with Gasteiger partial charge in [0.15, 0.2) is 0 Å². The smallest absolute Gasteiger partial charge is 0.144 e. The van der Waals surface area contributed by atoms with E-state index in [0.717, 1.165) is 13.1 Å². The fraction of sp³-hybridized carbons (Fsp3) is 0.647. The van der Waals surface area contributed by atoms with Crippen molar-refractivity contribution in [3.05, 3.63) is 34.6 Å². The highest BCUT2D eigenvalue weighted by atomic mass is 35.5. The summed E-state index contributed by atoms with van der Waals surface area (Å²) < 4.78 is 14.0. The molecule has 0 heterocycles. The maximum Gasteiger partial charge on any atom is 0.144 e. The van der Waals surface area contributed by atoms with Crippen LogP contribution in [0.3, 0.4) is 0 Å². The van der Waals surface area contributed by atoms with Crippen LogP contribution in [-0.2, 0) is 6.42 Å². The molecule has 0 radical (unpaired) electrons. The first-order valence-corrected chi connectivity index (χ1v) is 7.73. The summed E-state index contributed by atoms with van der Waals surface area (Å²) in [5, 5.41) is 3.70. The minimum absolute atomic E-state index is 0.124. The second-order valence-corrected chi connectivity index (χ2v) is 7.44. The molecule has 1 aromatic rings. The third kappa shape index (κ3) is 5.41. The van der Waals surface area contributed by atoms with Crippen molar-refractivity contribution in [1.29, 1.82) is 0 Å². The normalized spacial score (nSPS) is 13.8. The van der Waals surface area contributed by atoms with Crippen molar-refractivity contribution in [3.8, 4) is 0 Å². The fourth-order valence-corrected chi connectivity index (χ4v) is 2.40. The molecule has 1 N–H and O–H groups in total. The van der Waals surface area contributed by atoms with Gasteiger partial charge in [0, 0.05) is 0 Å². The van der Waals surface area contributed by atoms with E-state index in [0.29, 0.717) is 23.8 Å². The number of hydrogen-bond donors (Lipinski definition) is 1. The van der Waals surface area contributed by atoms with Crippen LogP contribution in [0.5, 0.6) is 0 Å². The molecule has 1 rings (SSSR count). The molecule has 114 valence electrons. The van der Waals surface area contributed by atoms with Crippen LogP contribution in [0.25, 0.3) is 0 Å². The number of rotatable bonds is 6. The first-order chi connectivity index (χ1) is 9.21. The maximum atomic E-state index is 14.0. The van der Waals surface area contributed by atoms with Gasteiger partial charge in [-0.1, -0.05) is 58.4 Å². The molecule has 20 heavy (non-hydrogen) atoms. The highest BCUT2D eigenvalue weighted by molar-refractivity contribution is 6.30. The summed E-state index contributed by atoms with van der Waals surface area (Å²) in [6.07, 6.45) is 0.709. The lowest BCUT2D eigenvalue weighted by Crippen LogP contribution is -2.35. The van der Waals surface area contributed by atoms with Crippen LogP contribution in [0.4, 0.5) is 4.39 Å². The summed E-state index contributed by atoms with van der Waals surface area (Å²) in [4.78, 5) is 0. The maximum absolute atomic E-state index is 14.0. The molecule has 0 aliphatic heterocycles. The Labute approximate surface area is 127 Å². The minimum Gasteiger partial charge on any atom is -0.316 e. The molecule has 0 fully saturated rings. The Kier molecular flexibility index (Phi) is 6.47. The summed E-state index contributed by atoms with van der Waals surface area (Å²) in [5.74, 6) is 0.722. The zero-order valence-electron chi connectivity index (χ0n) is 13.3. The molecule has 0 saturated carbocycles. The number of benzene rings is 1. The van der Waals surface area contributed by atoms with Gasteiger partial charge in [-0.2, -0.15) is 0 Å². The minimum atomic E-state index is -0.271. The third-order valence-electron chi connectivity index (χ3n) is 3.67. The van der Waals surface area contributed by atoms with E-state index in [2.05, 4.69) is 39.9 Å². The van der Waals surface area contributed by atoms with Crippen LogP contribution < -0.4 is 5.32 Å². The van der Waals surface area contributed by atoms with Crippen LogP contribution in [0.2, 0.25) is 5.02 Å². The standard InChI is InChI=1S/C17H27ClFN/c1-12(2)10-20-11-14(17(3,4)5)9-13-7-6-8-15(18)16(13)19/h6-8,12,14,20H,9-11H2,1-5H3. The summed E-state index contributed by atoms with van der Waals surface area (Å²) >= 11 is 5.87. The molecule has 0 saturated heterocycles. The van der Waals surface area contributed by atoms with Gasteiger partial charge in [0.05, 0.1) is 5.02 Å². The van der Waals surface area contributed by atoms with Gasteiger partial charge in [0.1, 0.15) is 5.82 Å². The molecule has 1 atom stereocenters. The lowest BCUT2D eigenvalue weighted by Gasteiger charge is -2.31. The molecule has 0 aliphatic carbocycles. The molecule has 1 nitrogen and oxygen atoms in total. The van der Waals surface area contributed by atoms with Crippen molar-refractivity contribution in [2.75, 3.05) is 13.1 Å². The summed E-state index contributed by atoms with van der Waals surface area (Å²) in [6.45, 7) is 12.9. The first kappa shape index (κ1) is 17.5. The van der Waals surface area contributed by atoms with Crippen LogP contribution in [-0.4, -0.2) is 13.1 Å². The SMILES string of the molecule is CC(C)CNCC(Cc1cccc(Cl)c1F)C(C)(C)C. The molecule has 0 bridgehead atoms. The second kappa shape index (κ2) is 7.42. The number of halogens is 2. The van der Waals surface area contributed by atoms with Gasteiger partial charge in [-0.15, -0.1) is 0 Å². The summed E-state index contributed by atoms with van der Waals surface area (Å²) in [6, 6.07) is 5.26. The molecular formula is C17H27ClFN. The van der Waals surface area contributed by atoms with E-state index < -0.39 is 0 Å². The topological polar surface area (TPSA) is 12.0 Å². The largest absolute Gasteiger partial charge is 0.316 e. The van der Waals surface area contributed by atoms with E-state index in [-0.39, 0.29) is 16.3 Å². The Hall–Kier alpha value is -0.600. The van der Waals surface area contributed by atoms with Crippen molar-refractivity contribution in [2.24, 2.45) is 17.3 Å². The van der Waals surface area contributed by atoms with Crippen molar-refractivity contribution in [3.63, 3.8) is 0 Å². The van der Waals surface area contributed by atoms with E-state index in [1.54, 1.807) is 6.07 Å². The van der Waals surface area contributed by atoms with Crippen molar-refractivity contribution in [2.45, 2.75) is 41.0 Å². The van der Waals surface area contributed by atoms with Crippen LogP contribution in [0.15, 0.2) is 18.2 Å². The summed E-state index contributed by atoms with van der Waals surface area (Å²) in [5.41, 5.74) is 0.836. The Morgan fingerprint density at radius 1 is 1.20 bits per heavy atom. The average Bonchev–Trinajstić information content (AvgIpc) is 2.31. The van der Waals surface area contributed by atoms with E-state index in [1.807, 2.05) is 12.1 Å². The van der Waals surface area contributed by atoms with Gasteiger partial charge in [-0.05, 0) is 48.4 Å². The molecule has 1 aromatic carbocycles. The van der Waals surface area contributed by atoms with Crippen molar-refractivity contribution >= 4 is 11.6 Å². The van der Waals surface area contributed by atoms with Gasteiger partial charge < -0.3 is 5.32 Å². The quantitative estimate of drug-likeness (QED) is 0.785. The van der Waals surface area contributed by atoms with Crippen LogP contribution in [0, 0.1) is 23.1 Å². The van der Waals surface area contributed by atoms with E-state index in [4.69, 9.17) is 11.6 Å². The highest BCUT2D eigenvalue weighted by Crippen LogP contribution is 2.30. The van der Waals surface area contributed by atoms with Crippen LogP contribution >= 0.6 is 11.6 Å². The predicted molar refractivity (Wildman–Crippen MR) is 85.8 cm³/mol. The monoisotopic (exact) mass is 299 g/mol. The Morgan fingerprint density at radius 2 is 1.85 bits per heavy atom. The summed E-state index contributed by atoms with van der Waals surface area (Å²) in [7, 11) is 0. The zero-order valence-corrected chi connectivity index (χ0v) is 14.0. The van der Waals surface area contributed by atoms with Gasteiger partial charge >= 0.3 is 0 Å². The van der Waals surface area contributed by atoms with Gasteiger partial charge in [0.25, 0.3) is 0 Å². The fourth-order valence-electron chi connectivity index (χ4n) is 2.20. The lowest BCUT2D eigenvalue weighted by atomic mass is 9.77. The Balaban J connectivity index is 2.77. The molecule has 1 unspecified atom stereocenters. The first-order valence-electron chi connectivity index (χ1n) is 7.35. The van der Waals surface area contributed by atoms with Crippen LogP contribution in [0.1, 0.15) is 40.2 Å². The van der Waals surface area contributed by atoms with Gasteiger partial charge in [0.2, 0.25) is 0 Å². The second-order valence-electron chi connectivity index (χ2n) is 7.03. The molecule has 3 heteroatoms. The lowest BCUT2D eigenvalue weighted by molar-refractivity contribution is 0.227. The molecule has 0 amide bonds. The molecular weight excluding hydrogens is 273 g/mol. The Bertz CT molecular complexity index is 423. The van der Waals surface area contributed by atoms with Crippen molar-refractivity contribution in [1.82, 2.24) is 5.32 Å². The third-order valence-corrected chi connectivity index (χ3v) is 3.96. The Morgan fingerprint density at radius 3 is 2.40 bits per heavy atom. The molecule has 0 spiro atoms. The predicted octanol–water partition coefficient (Wildman–Crippen LogP) is 4.93. The highest BCUT2D eigenvalue weighted by Gasteiger charge is 2.25. The molecule has 0 aliphatic rings. The van der Waals surface area contributed by atoms with Gasteiger partial charge in [-0.3, -0.25) is 0 Å².